The van der Waals surface area contributed by atoms with E-state index in [0.717, 1.165) is 5.56 Å². The third-order valence-electron chi connectivity index (χ3n) is 2.20. The summed E-state index contributed by atoms with van der Waals surface area (Å²) in [4.78, 5) is 22.2. The number of hydrogen-bond acceptors (Lipinski definition) is 4. The minimum Gasteiger partial charge on any atom is -0.453 e. The molecular formula is C12H15NO3. The zero-order valence-corrected chi connectivity index (χ0v) is 9.34. The Labute approximate surface area is 94.4 Å². The summed E-state index contributed by atoms with van der Waals surface area (Å²) in [6.07, 6.45) is -0.917. The second kappa shape index (κ2) is 5.42. The molecule has 0 aliphatic heterocycles. The first-order valence-electron chi connectivity index (χ1n) is 5.00. The van der Waals surface area contributed by atoms with Gasteiger partial charge in [0.2, 0.25) is 0 Å². The third kappa shape index (κ3) is 3.17. The molecule has 86 valence electrons. The average molecular weight is 221 g/mol. The van der Waals surface area contributed by atoms with Gasteiger partial charge < -0.3 is 10.5 Å². The van der Waals surface area contributed by atoms with E-state index in [4.69, 9.17) is 10.5 Å². The van der Waals surface area contributed by atoms with E-state index in [9.17, 15) is 9.59 Å². The summed E-state index contributed by atoms with van der Waals surface area (Å²) in [6, 6.07) is 8.46. The molecule has 0 amide bonds. The van der Waals surface area contributed by atoms with Gasteiger partial charge in [0.25, 0.3) is 0 Å². The summed E-state index contributed by atoms with van der Waals surface area (Å²) in [5, 5.41) is 0. The number of rotatable bonds is 4. The molecule has 0 heterocycles. The predicted octanol–water partition coefficient (Wildman–Crippen LogP) is 1.21. The molecule has 16 heavy (non-hydrogen) atoms. The molecule has 0 radical (unpaired) electrons. The molecule has 0 aliphatic carbocycles. The van der Waals surface area contributed by atoms with Gasteiger partial charge in [0.15, 0.2) is 11.9 Å². The third-order valence-corrected chi connectivity index (χ3v) is 2.20. The van der Waals surface area contributed by atoms with Crippen molar-refractivity contribution < 1.29 is 14.3 Å². The van der Waals surface area contributed by atoms with Crippen LogP contribution in [0.4, 0.5) is 0 Å². The maximum atomic E-state index is 11.3. The monoisotopic (exact) mass is 221 g/mol. The molecule has 1 aromatic carbocycles. The fraction of sp³-hybridized carbons (Fsp3) is 0.333. The van der Waals surface area contributed by atoms with E-state index in [1.165, 1.54) is 13.8 Å². The van der Waals surface area contributed by atoms with Gasteiger partial charge >= 0.3 is 5.97 Å². The highest BCUT2D eigenvalue weighted by Gasteiger charge is 2.26. The number of benzene rings is 1. The summed E-state index contributed by atoms with van der Waals surface area (Å²) in [5.74, 6) is -0.766. The van der Waals surface area contributed by atoms with Gasteiger partial charge in [-0.2, -0.15) is 0 Å². The van der Waals surface area contributed by atoms with E-state index >= 15 is 0 Å². The minimum absolute atomic E-state index is 0.258. The van der Waals surface area contributed by atoms with Gasteiger partial charge in [-0.1, -0.05) is 30.3 Å². The van der Waals surface area contributed by atoms with Crippen LogP contribution in [0.1, 0.15) is 25.5 Å². The van der Waals surface area contributed by atoms with Crippen molar-refractivity contribution in [3.8, 4) is 0 Å². The van der Waals surface area contributed by atoms with Crippen LogP contribution in [0.2, 0.25) is 0 Å². The Bertz CT molecular complexity index is 375. The lowest BCUT2D eigenvalue weighted by atomic mass is 10.00. The molecule has 1 rings (SSSR count). The number of hydrogen-bond donors (Lipinski definition) is 1. The zero-order valence-electron chi connectivity index (χ0n) is 9.34. The van der Waals surface area contributed by atoms with Crippen molar-refractivity contribution in [1.29, 1.82) is 0 Å². The van der Waals surface area contributed by atoms with E-state index in [2.05, 4.69) is 0 Å². The Hall–Kier alpha value is -1.68. The normalized spacial score (nSPS) is 13.9. The van der Waals surface area contributed by atoms with Gasteiger partial charge in [-0.3, -0.25) is 9.59 Å². The smallest absolute Gasteiger partial charge is 0.303 e. The van der Waals surface area contributed by atoms with Crippen molar-refractivity contribution in [3.05, 3.63) is 35.9 Å². The Kier molecular flexibility index (Phi) is 4.19. The predicted molar refractivity (Wildman–Crippen MR) is 59.6 cm³/mol. The fourth-order valence-corrected chi connectivity index (χ4v) is 1.44. The number of Topliss-reactive ketones (excluding diaryl/α,β-unsaturated/α-hetero) is 1. The standard InChI is InChI=1S/C12H15NO3/c1-8(14)12(16-9(2)15)11(13)10-6-4-3-5-7-10/h3-7,11-12H,13H2,1-2H3. The van der Waals surface area contributed by atoms with E-state index in [-0.39, 0.29) is 5.78 Å². The van der Waals surface area contributed by atoms with E-state index in [1.807, 2.05) is 18.2 Å². The maximum absolute atomic E-state index is 11.3. The van der Waals surface area contributed by atoms with Gasteiger partial charge in [-0.05, 0) is 12.5 Å². The Morgan fingerprint density at radius 3 is 2.19 bits per heavy atom. The molecule has 0 bridgehead atoms. The number of esters is 1. The number of carbonyl (C=O) groups excluding carboxylic acids is 2. The molecule has 0 aliphatic rings. The highest BCUT2D eigenvalue weighted by Crippen LogP contribution is 2.17. The number of ether oxygens (including phenoxy) is 1. The van der Waals surface area contributed by atoms with Gasteiger partial charge in [-0.15, -0.1) is 0 Å². The number of carbonyl (C=O) groups is 2. The quantitative estimate of drug-likeness (QED) is 0.776. The second-order valence-electron chi connectivity index (χ2n) is 3.58. The topological polar surface area (TPSA) is 69.4 Å². The number of nitrogens with two attached hydrogens (primary N) is 1. The largest absolute Gasteiger partial charge is 0.453 e. The highest BCUT2D eigenvalue weighted by molar-refractivity contribution is 5.84. The Morgan fingerprint density at radius 1 is 1.19 bits per heavy atom. The first kappa shape index (κ1) is 12.4. The summed E-state index contributed by atoms with van der Waals surface area (Å²) in [6.45, 7) is 2.62. The van der Waals surface area contributed by atoms with Crippen LogP contribution >= 0.6 is 0 Å². The molecule has 0 fully saturated rings. The fourth-order valence-electron chi connectivity index (χ4n) is 1.44. The van der Waals surface area contributed by atoms with Gasteiger partial charge in [0.1, 0.15) is 0 Å². The van der Waals surface area contributed by atoms with Crippen LogP contribution < -0.4 is 5.73 Å². The molecule has 4 heteroatoms. The highest BCUT2D eigenvalue weighted by atomic mass is 16.5. The lowest BCUT2D eigenvalue weighted by Crippen LogP contribution is -2.35. The zero-order chi connectivity index (χ0) is 12.1. The van der Waals surface area contributed by atoms with Crippen LogP contribution in [-0.2, 0) is 14.3 Å². The number of ketones is 1. The lowest BCUT2D eigenvalue weighted by Gasteiger charge is -2.21. The van der Waals surface area contributed by atoms with Crippen molar-refractivity contribution >= 4 is 11.8 Å². The van der Waals surface area contributed by atoms with Crippen LogP contribution in [-0.4, -0.2) is 17.9 Å². The molecule has 0 aromatic heterocycles. The molecule has 1 aromatic rings. The Morgan fingerprint density at radius 2 is 1.75 bits per heavy atom. The van der Waals surface area contributed by atoms with Crippen LogP contribution in [0.25, 0.3) is 0 Å². The van der Waals surface area contributed by atoms with Gasteiger partial charge in [0, 0.05) is 6.92 Å². The first-order valence-corrected chi connectivity index (χ1v) is 5.00. The molecule has 0 spiro atoms. The van der Waals surface area contributed by atoms with Crippen LogP contribution in [0.15, 0.2) is 30.3 Å². The summed E-state index contributed by atoms with van der Waals surface area (Å²) in [7, 11) is 0. The van der Waals surface area contributed by atoms with E-state index in [1.54, 1.807) is 12.1 Å². The molecule has 2 unspecified atom stereocenters. The summed E-state index contributed by atoms with van der Waals surface area (Å²) < 4.78 is 4.91. The molecular weight excluding hydrogens is 206 g/mol. The van der Waals surface area contributed by atoms with E-state index < -0.39 is 18.1 Å². The van der Waals surface area contributed by atoms with Crippen molar-refractivity contribution in [2.75, 3.05) is 0 Å². The van der Waals surface area contributed by atoms with Crippen LogP contribution in [0.5, 0.6) is 0 Å². The summed E-state index contributed by atoms with van der Waals surface area (Å²) >= 11 is 0. The first-order chi connectivity index (χ1) is 7.52. The van der Waals surface area contributed by atoms with Crippen LogP contribution in [0, 0.1) is 0 Å². The van der Waals surface area contributed by atoms with Gasteiger partial charge in [-0.25, -0.2) is 0 Å². The molecule has 0 saturated carbocycles. The maximum Gasteiger partial charge on any atom is 0.303 e. The molecule has 2 N–H and O–H groups in total. The van der Waals surface area contributed by atoms with Crippen molar-refractivity contribution in [2.24, 2.45) is 5.73 Å². The molecule has 0 saturated heterocycles. The molecule has 4 nitrogen and oxygen atoms in total. The van der Waals surface area contributed by atoms with Crippen molar-refractivity contribution in [1.82, 2.24) is 0 Å². The van der Waals surface area contributed by atoms with E-state index in [0.29, 0.717) is 0 Å². The van der Waals surface area contributed by atoms with Gasteiger partial charge in [0.05, 0.1) is 6.04 Å². The second-order valence-corrected chi connectivity index (χ2v) is 3.58. The van der Waals surface area contributed by atoms with Crippen LogP contribution in [0.3, 0.4) is 0 Å². The molecule has 2 atom stereocenters. The van der Waals surface area contributed by atoms with Crippen molar-refractivity contribution in [2.45, 2.75) is 26.0 Å². The average Bonchev–Trinajstić information content (AvgIpc) is 2.25. The summed E-state index contributed by atoms with van der Waals surface area (Å²) in [5.41, 5.74) is 6.66. The Balaban J connectivity index is 2.87. The SMILES string of the molecule is CC(=O)OC(C(C)=O)C(N)c1ccccc1. The van der Waals surface area contributed by atoms with Crippen molar-refractivity contribution in [3.63, 3.8) is 0 Å². The minimum atomic E-state index is -0.917. The lowest BCUT2D eigenvalue weighted by molar-refractivity contribution is -0.153.